The molecule has 0 aliphatic heterocycles. The number of fused-ring (bicyclic) bond motifs is 1. The molecule has 0 bridgehead atoms. The minimum atomic E-state index is -0.893. The highest BCUT2D eigenvalue weighted by atomic mass is 16.4. The zero-order valence-electron chi connectivity index (χ0n) is 8.46. The van der Waals surface area contributed by atoms with Gasteiger partial charge < -0.3 is 5.11 Å². The van der Waals surface area contributed by atoms with Gasteiger partial charge in [0.05, 0.1) is 6.42 Å². The Hall–Kier alpha value is -2.17. The van der Waals surface area contributed by atoms with Crippen molar-refractivity contribution in [2.24, 2.45) is 0 Å². The minimum Gasteiger partial charge on any atom is -0.481 e. The maximum atomic E-state index is 11.6. The van der Waals surface area contributed by atoms with Gasteiger partial charge in [-0.2, -0.15) is 0 Å². The van der Waals surface area contributed by atoms with Crippen molar-refractivity contribution in [2.75, 3.05) is 0 Å². The molecule has 0 unspecified atom stereocenters. The highest BCUT2D eigenvalue weighted by Crippen LogP contribution is 2.01. The topological polar surface area (TPSA) is 71.7 Å². The number of rotatable bonds is 3. The molecule has 0 spiro atoms. The largest absolute Gasteiger partial charge is 0.481 e. The molecule has 0 fully saturated rings. The maximum absolute atomic E-state index is 11.6. The molecule has 2 aromatic heterocycles. The summed E-state index contributed by atoms with van der Waals surface area (Å²) in [5, 5.41) is 8.55. The van der Waals surface area contributed by atoms with Gasteiger partial charge in [-0.15, -0.1) is 0 Å². The van der Waals surface area contributed by atoms with Crippen LogP contribution in [0.1, 0.15) is 12.1 Å². The Kier molecular flexibility index (Phi) is 2.68. The molecule has 0 radical (unpaired) electrons. The van der Waals surface area contributed by atoms with Gasteiger partial charge in [0.15, 0.2) is 0 Å². The zero-order valence-corrected chi connectivity index (χ0v) is 8.46. The summed E-state index contributed by atoms with van der Waals surface area (Å²) in [5.41, 5.74) is 0.861. The van der Waals surface area contributed by atoms with Crippen molar-refractivity contribution in [1.29, 1.82) is 0 Å². The van der Waals surface area contributed by atoms with Gasteiger partial charge in [-0.05, 0) is 12.1 Å². The summed E-state index contributed by atoms with van der Waals surface area (Å²) in [5.74, 6) is -0.893. The smallest absolute Gasteiger partial charge is 0.303 e. The van der Waals surface area contributed by atoms with Gasteiger partial charge in [0, 0.05) is 24.4 Å². The summed E-state index contributed by atoms with van der Waals surface area (Å²) >= 11 is 0. The van der Waals surface area contributed by atoms with E-state index in [1.165, 1.54) is 10.5 Å². The lowest BCUT2D eigenvalue weighted by molar-refractivity contribution is -0.136. The van der Waals surface area contributed by atoms with Crippen molar-refractivity contribution in [3.63, 3.8) is 0 Å². The number of carboxylic acids is 1. The fourth-order valence-corrected chi connectivity index (χ4v) is 1.47. The number of aliphatic carboxylic acids is 1. The first kappa shape index (κ1) is 10.4. The lowest BCUT2D eigenvalue weighted by atomic mass is 10.2. The third kappa shape index (κ3) is 2.08. The average Bonchev–Trinajstić information content (AvgIpc) is 2.26. The maximum Gasteiger partial charge on any atom is 0.303 e. The van der Waals surface area contributed by atoms with E-state index in [1.54, 1.807) is 24.4 Å². The van der Waals surface area contributed by atoms with Gasteiger partial charge >= 0.3 is 5.97 Å². The van der Waals surface area contributed by atoms with E-state index in [9.17, 15) is 9.59 Å². The number of aryl methyl sites for hydroxylation is 1. The Morgan fingerprint density at radius 2 is 2.25 bits per heavy atom. The second-order valence-corrected chi connectivity index (χ2v) is 3.41. The minimum absolute atomic E-state index is 0.0184. The van der Waals surface area contributed by atoms with Gasteiger partial charge in [0.25, 0.3) is 5.56 Å². The number of hydrogen-bond acceptors (Lipinski definition) is 3. The van der Waals surface area contributed by atoms with Crippen LogP contribution in [0.4, 0.5) is 0 Å². The van der Waals surface area contributed by atoms with E-state index >= 15 is 0 Å². The quantitative estimate of drug-likeness (QED) is 0.823. The molecule has 5 heteroatoms. The molecule has 0 amide bonds. The molecule has 0 atom stereocenters. The normalized spacial score (nSPS) is 10.5. The second kappa shape index (κ2) is 4.14. The molecule has 1 N–H and O–H groups in total. The zero-order chi connectivity index (χ0) is 11.5. The third-order valence-corrected chi connectivity index (χ3v) is 2.22. The summed E-state index contributed by atoms with van der Waals surface area (Å²) in [6.45, 7) is 0. The number of carboxylic acid groups (broad SMARTS) is 1. The molecule has 0 aliphatic rings. The molecule has 0 saturated heterocycles. The van der Waals surface area contributed by atoms with Crippen LogP contribution in [-0.2, 0) is 11.2 Å². The average molecular weight is 218 g/mol. The Labute approximate surface area is 91.0 Å². The second-order valence-electron chi connectivity index (χ2n) is 3.41. The summed E-state index contributed by atoms with van der Waals surface area (Å²) in [4.78, 5) is 26.2. The van der Waals surface area contributed by atoms with Gasteiger partial charge in [0.1, 0.15) is 5.65 Å². The van der Waals surface area contributed by atoms with Crippen molar-refractivity contribution in [2.45, 2.75) is 12.8 Å². The van der Waals surface area contributed by atoms with E-state index in [0.717, 1.165) is 0 Å². The number of aromatic nitrogens is 2. The number of hydrogen-bond donors (Lipinski definition) is 1. The van der Waals surface area contributed by atoms with Gasteiger partial charge in [-0.3, -0.25) is 14.0 Å². The van der Waals surface area contributed by atoms with Gasteiger partial charge in [-0.25, -0.2) is 4.98 Å². The van der Waals surface area contributed by atoms with E-state index in [1.807, 2.05) is 0 Å². The summed E-state index contributed by atoms with van der Waals surface area (Å²) in [7, 11) is 0. The third-order valence-electron chi connectivity index (χ3n) is 2.22. The van der Waals surface area contributed by atoms with E-state index in [-0.39, 0.29) is 18.4 Å². The van der Waals surface area contributed by atoms with Crippen molar-refractivity contribution in [3.05, 3.63) is 46.5 Å². The van der Waals surface area contributed by atoms with E-state index in [2.05, 4.69) is 4.98 Å². The van der Waals surface area contributed by atoms with Crippen molar-refractivity contribution >= 4 is 11.6 Å². The molecule has 0 aliphatic carbocycles. The monoisotopic (exact) mass is 218 g/mol. The molecule has 5 nitrogen and oxygen atoms in total. The van der Waals surface area contributed by atoms with Crippen LogP contribution in [0.15, 0.2) is 35.3 Å². The highest BCUT2D eigenvalue weighted by Gasteiger charge is 2.03. The Bertz CT molecular complexity index is 589. The molecule has 0 aromatic carbocycles. The van der Waals surface area contributed by atoms with Crippen LogP contribution in [0.2, 0.25) is 0 Å². The highest BCUT2D eigenvalue weighted by molar-refractivity contribution is 5.67. The first-order chi connectivity index (χ1) is 7.66. The fraction of sp³-hybridized carbons (Fsp3) is 0.182. The fourth-order valence-electron chi connectivity index (χ4n) is 1.47. The van der Waals surface area contributed by atoms with Crippen molar-refractivity contribution < 1.29 is 9.90 Å². The molecule has 2 aromatic rings. The predicted octanol–water partition coefficient (Wildman–Crippen LogP) is 0.712. The predicted molar refractivity (Wildman–Crippen MR) is 57.4 cm³/mol. The van der Waals surface area contributed by atoms with Gasteiger partial charge in [-0.1, -0.05) is 6.07 Å². The summed E-state index contributed by atoms with van der Waals surface area (Å²) in [6, 6.07) is 6.61. The molecule has 16 heavy (non-hydrogen) atoms. The van der Waals surface area contributed by atoms with Gasteiger partial charge in [0.2, 0.25) is 0 Å². The van der Waals surface area contributed by atoms with E-state index in [0.29, 0.717) is 11.3 Å². The first-order valence-electron chi connectivity index (χ1n) is 4.86. The van der Waals surface area contributed by atoms with E-state index < -0.39 is 5.97 Å². The van der Waals surface area contributed by atoms with Crippen molar-refractivity contribution in [1.82, 2.24) is 9.38 Å². The standard InChI is InChI=1S/C11H10N2O3/c14-10-7-8(4-5-11(15)16)12-9-3-1-2-6-13(9)10/h1-3,6-7H,4-5H2,(H,15,16). The van der Waals surface area contributed by atoms with Crippen molar-refractivity contribution in [3.8, 4) is 0 Å². The Morgan fingerprint density at radius 1 is 1.44 bits per heavy atom. The van der Waals surface area contributed by atoms with Crippen LogP contribution in [-0.4, -0.2) is 20.5 Å². The van der Waals surface area contributed by atoms with Crippen LogP contribution >= 0.6 is 0 Å². The summed E-state index contributed by atoms with van der Waals surface area (Å²) < 4.78 is 1.42. The van der Waals surface area contributed by atoms with Crippen LogP contribution in [0.3, 0.4) is 0 Å². The lowest BCUT2D eigenvalue weighted by Crippen LogP contribution is -2.15. The molecular weight excluding hydrogens is 208 g/mol. The number of nitrogens with zero attached hydrogens (tertiary/aromatic N) is 2. The van der Waals surface area contributed by atoms with E-state index in [4.69, 9.17) is 5.11 Å². The molecule has 2 rings (SSSR count). The van der Waals surface area contributed by atoms with Crippen LogP contribution < -0.4 is 5.56 Å². The molecule has 82 valence electrons. The SMILES string of the molecule is O=C(O)CCc1cc(=O)n2ccccc2n1. The molecular formula is C11H10N2O3. The summed E-state index contributed by atoms with van der Waals surface area (Å²) in [6.07, 6.45) is 1.89. The van der Waals surface area contributed by atoms with Crippen LogP contribution in [0.5, 0.6) is 0 Å². The van der Waals surface area contributed by atoms with Crippen LogP contribution in [0, 0.1) is 0 Å². The first-order valence-corrected chi connectivity index (χ1v) is 4.86. The van der Waals surface area contributed by atoms with Crippen LogP contribution in [0.25, 0.3) is 5.65 Å². The Morgan fingerprint density at radius 3 is 3.00 bits per heavy atom. The lowest BCUT2D eigenvalue weighted by Gasteiger charge is -2.02. The number of carbonyl (C=O) groups is 1. The number of pyridine rings is 1. The Balaban J connectivity index is 2.42. The molecule has 0 saturated carbocycles. The molecule has 2 heterocycles.